The van der Waals surface area contributed by atoms with Gasteiger partial charge < -0.3 is 0 Å². The van der Waals surface area contributed by atoms with Gasteiger partial charge in [0, 0.05) is 11.8 Å². The monoisotopic (exact) mass is 440 g/mol. The van der Waals surface area contributed by atoms with Crippen LogP contribution >= 0.6 is 104 Å². The number of hydrogen-bond donors (Lipinski definition) is 0. The molecule has 5 unspecified atom stereocenters. The molecule has 0 amide bonds. The average molecular weight is 444 g/mol. The fourth-order valence-electron chi connectivity index (χ4n) is 3.47. The molecule has 19 heavy (non-hydrogen) atoms. The highest BCUT2D eigenvalue weighted by Crippen LogP contribution is 2.79. The molecule has 0 heterocycles. The van der Waals surface area contributed by atoms with E-state index in [-0.39, 0.29) is 10.1 Å². The first kappa shape index (κ1) is 16.2. The first-order valence-corrected chi connectivity index (χ1v) is 8.86. The second-order valence-electron chi connectivity index (χ2n) is 5.01. The molecule has 3 rings (SSSR count). The Bertz CT molecular complexity index is 447. The number of hydrogen-bond acceptors (Lipinski definition) is 0. The van der Waals surface area contributed by atoms with Gasteiger partial charge in [0.25, 0.3) is 0 Å². The van der Waals surface area contributed by atoms with Crippen LogP contribution in [0.3, 0.4) is 0 Å². The van der Waals surface area contributed by atoms with Crippen LogP contribution in [-0.4, -0.2) is 30.2 Å². The van der Waals surface area contributed by atoms with Crippen LogP contribution in [0.4, 0.5) is 0 Å². The van der Waals surface area contributed by atoms with E-state index in [0.29, 0.717) is 0 Å². The Hall–Kier alpha value is 2.35. The van der Waals surface area contributed by atoms with Gasteiger partial charge in [0.05, 0.1) is 26.2 Å². The minimum Gasteiger partial charge on any atom is -0.121 e. The zero-order chi connectivity index (χ0) is 14.5. The Morgan fingerprint density at radius 3 is 1.26 bits per heavy atom. The molecule has 0 nitrogen and oxygen atoms in total. The topological polar surface area (TPSA) is 0 Å². The van der Waals surface area contributed by atoms with Crippen molar-refractivity contribution in [3.8, 4) is 0 Å². The minimum atomic E-state index is -1.61. The molecule has 0 aliphatic heterocycles. The van der Waals surface area contributed by atoms with Crippen molar-refractivity contribution in [3.63, 3.8) is 0 Å². The Morgan fingerprint density at radius 2 is 0.947 bits per heavy atom. The predicted molar refractivity (Wildman–Crippen MR) is 86.2 cm³/mol. The standard InChI is InChI=1S/C10H5Cl9/c11-3-1-2(4(12)5(3)13)9(17)7(15)6(14)8(1,16)10(9,18)19/h1-5H/t1?,2?,3?,4?,5?,8-,9+. The number of allylic oxidation sites excluding steroid dienone is 2. The fourth-order valence-corrected chi connectivity index (χ4v) is 8.08. The highest BCUT2D eigenvalue weighted by atomic mass is 35.5. The van der Waals surface area contributed by atoms with Gasteiger partial charge in [-0.2, -0.15) is 0 Å². The minimum absolute atomic E-state index is 0.123. The quantitative estimate of drug-likeness (QED) is 0.409. The lowest BCUT2D eigenvalue weighted by Crippen LogP contribution is -2.48. The Labute approximate surface area is 155 Å². The summed E-state index contributed by atoms with van der Waals surface area (Å²) in [5.41, 5.74) is 0. The number of rotatable bonds is 0. The van der Waals surface area contributed by atoms with Gasteiger partial charge in [0.1, 0.15) is 9.75 Å². The summed E-state index contributed by atoms with van der Waals surface area (Å²) in [6.45, 7) is 0. The number of halogens is 9. The van der Waals surface area contributed by atoms with Gasteiger partial charge in [0.15, 0.2) is 4.33 Å². The van der Waals surface area contributed by atoms with Gasteiger partial charge in [0.2, 0.25) is 0 Å². The maximum absolute atomic E-state index is 6.63. The van der Waals surface area contributed by atoms with E-state index >= 15 is 0 Å². The van der Waals surface area contributed by atoms with E-state index in [2.05, 4.69) is 0 Å². The van der Waals surface area contributed by atoms with Crippen LogP contribution in [0.5, 0.6) is 0 Å². The summed E-state index contributed by atoms with van der Waals surface area (Å²) in [5, 5.41) is -1.38. The van der Waals surface area contributed by atoms with E-state index < -0.39 is 42.0 Å². The van der Waals surface area contributed by atoms with Crippen molar-refractivity contribution >= 4 is 104 Å². The van der Waals surface area contributed by atoms with Gasteiger partial charge in [-0.1, -0.05) is 46.4 Å². The highest BCUT2D eigenvalue weighted by molar-refractivity contribution is 6.66. The molecule has 0 aromatic rings. The summed E-state index contributed by atoms with van der Waals surface area (Å²) < 4.78 is -1.61. The molecule has 108 valence electrons. The largest absolute Gasteiger partial charge is 0.166 e. The maximum atomic E-state index is 6.63. The van der Waals surface area contributed by atoms with Crippen molar-refractivity contribution in [2.45, 2.75) is 30.2 Å². The molecule has 2 fully saturated rings. The summed E-state index contributed by atoms with van der Waals surface area (Å²) in [7, 11) is 0. The van der Waals surface area contributed by atoms with Crippen molar-refractivity contribution < 1.29 is 0 Å². The summed E-state index contributed by atoms with van der Waals surface area (Å²) >= 11 is 57.4. The summed E-state index contributed by atoms with van der Waals surface area (Å²) in [6.07, 6.45) is 0. The Balaban J connectivity index is 2.29. The van der Waals surface area contributed by atoms with Crippen molar-refractivity contribution in [2.24, 2.45) is 11.8 Å². The molecule has 0 radical (unpaired) electrons. The highest BCUT2D eigenvalue weighted by Gasteiger charge is 2.86. The van der Waals surface area contributed by atoms with E-state index in [1.54, 1.807) is 0 Å². The van der Waals surface area contributed by atoms with Crippen molar-refractivity contribution in [2.75, 3.05) is 0 Å². The summed E-state index contributed by atoms with van der Waals surface area (Å²) in [5.74, 6) is -0.910. The van der Waals surface area contributed by atoms with E-state index in [0.717, 1.165) is 0 Å². The third-order valence-electron chi connectivity index (χ3n) is 4.35. The van der Waals surface area contributed by atoms with Crippen molar-refractivity contribution in [1.29, 1.82) is 0 Å². The maximum Gasteiger partial charge on any atom is 0.166 e. The van der Waals surface area contributed by atoms with Crippen molar-refractivity contribution in [3.05, 3.63) is 10.1 Å². The van der Waals surface area contributed by atoms with Crippen LogP contribution in [0.15, 0.2) is 10.1 Å². The zero-order valence-electron chi connectivity index (χ0n) is 8.79. The molecule has 0 spiro atoms. The molecule has 0 aromatic carbocycles. The number of alkyl halides is 7. The van der Waals surface area contributed by atoms with E-state index in [1.807, 2.05) is 0 Å². The summed E-state index contributed by atoms with van der Waals surface area (Å²) in [4.78, 5) is -2.77. The third-order valence-corrected chi connectivity index (χ3v) is 10.5. The molecule has 2 saturated carbocycles. The van der Waals surface area contributed by atoms with E-state index in [9.17, 15) is 0 Å². The Kier molecular flexibility index (Phi) is 3.80. The third kappa shape index (κ3) is 1.47. The lowest BCUT2D eigenvalue weighted by molar-refractivity contribution is 0.388. The van der Waals surface area contributed by atoms with Crippen LogP contribution in [0.25, 0.3) is 0 Å². The van der Waals surface area contributed by atoms with Crippen LogP contribution in [0.2, 0.25) is 0 Å². The van der Waals surface area contributed by atoms with Gasteiger partial charge in [-0.3, -0.25) is 0 Å². The van der Waals surface area contributed by atoms with Crippen molar-refractivity contribution in [1.82, 2.24) is 0 Å². The second kappa shape index (κ2) is 4.46. The van der Waals surface area contributed by atoms with Gasteiger partial charge in [-0.25, -0.2) is 0 Å². The van der Waals surface area contributed by atoms with Crippen LogP contribution in [0.1, 0.15) is 0 Å². The lowest BCUT2D eigenvalue weighted by Gasteiger charge is -2.35. The van der Waals surface area contributed by atoms with Crippen LogP contribution < -0.4 is 0 Å². The molecule has 0 saturated heterocycles. The summed E-state index contributed by atoms with van der Waals surface area (Å²) in [6, 6.07) is 0. The van der Waals surface area contributed by atoms with E-state index in [4.69, 9.17) is 104 Å². The molecule has 9 heteroatoms. The van der Waals surface area contributed by atoms with E-state index in [1.165, 1.54) is 0 Å². The van der Waals surface area contributed by atoms with Gasteiger partial charge in [-0.15, -0.1) is 58.0 Å². The first-order chi connectivity index (χ1) is 8.54. The predicted octanol–water partition coefficient (Wildman–Crippen LogP) is 5.90. The molecule has 0 N–H and O–H groups in total. The molecule has 0 aromatic heterocycles. The second-order valence-corrected chi connectivity index (χ2v) is 9.80. The molecular weight excluding hydrogens is 439 g/mol. The zero-order valence-corrected chi connectivity index (χ0v) is 15.6. The molecular formula is C10H5Cl9. The fraction of sp³-hybridized carbons (Fsp3) is 0.800. The smallest absolute Gasteiger partial charge is 0.121 e. The van der Waals surface area contributed by atoms with Crippen LogP contribution in [-0.2, 0) is 0 Å². The van der Waals surface area contributed by atoms with Gasteiger partial charge in [-0.05, 0) is 0 Å². The SMILES string of the molecule is ClC1=C(Cl)[C@]2(Cl)C3C(Cl)C(Cl)C(Cl)C3[C@@]1(Cl)C2(Cl)Cl. The normalized spacial score (nSPS) is 58.9. The van der Waals surface area contributed by atoms with Gasteiger partial charge >= 0.3 is 0 Å². The first-order valence-electron chi connectivity index (χ1n) is 5.28. The molecule has 2 bridgehead atoms. The molecule has 7 atom stereocenters. The lowest BCUT2D eigenvalue weighted by atomic mass is 9.84. The molecule has 3 aliphatic carbocycles. The average Bonchev–Trinajstić information content (AvgIpc) is 2.69. The number of fused-ring (bicyclic) bond motifs is 5. The Morgan fingerprint density at radius 1 is 0.632 bits per heavy atom. The molecule has 3 aliphatic rings. The van der Waals surface area contributed by atoms with Crippen LogP contribution in [0, 0.1) is 11.8 Å².